The van der Waals surface area contributed by atoms with E-state index in [0.717, 1.165) is 27.7 Å². The van der Waals surface area contributed by atoms with Crippen LogP contribution in [0.25, 0.3) is 26.9 Å². The molecule has 217 valence electrons. The minimum absolute atomic E-state index is 0. The zero-order valence-corrected chi connectivity index (χ0v) is 24.8. The molecule has 4 aromatic carbocycles. The van der Waals surface area contributed by atoms with E-state index in [1.807, 2.05) is 67.6 Å². The molecule has 6 aromatic rings. The molecule has 43 heavy (non-hydrogen) atoms. The summed E-state index contributed by atoms with van der Waals surface area (Å²) in [4.78, 5) is 12.9. The summed E-state index contributed by atoms with van der Waals surface area (Å²) in [5, 5.41) is 14.1. The maximum absolute atomic E-state index is 12.7. The molecule has 0 N–H and O–H groups in total. The molecular formula is C34H26CuN4O3S. The van der Waals surface area contributed by atoms with Gasteiger partial charge in [-0.3, -0.25) is 15.0 Å². The molecule has 0 fully saturated rings. The van der Waals surface area contributed by atoms with E-state index < -0.39 is 10.0 Å². The van der Waals surface area contributed by atoms with Crippen LogP contribution in [0.5, 0.6) is 5.75 Å². The van der Waals surface area contributed by atoms with E-state index in [9.17, 15) is 13.5 Å². The van der Waals surface area contributed by atoms with Crippen molar-refractivity contribution in [3.63, 3.8) is 0 Å². The summed E-state index contributed by atoms with van der Waals surface area (Å²) >= 11 is 0. The molecule has 0 aliphatic rings. The average molecular weight is 634 g/mol. The molecule has 1 radical (unpaired) electrons. The van der Waals surface area contributed by atoms with Gasteiger partial charge in [0, 0.05) is 24.3 Å². The van der Waals surface area contributed by atoms with Crippen LogP contribution in [0.1, 0.15) is 11.1 Å². The van der Waals surface area contributed by atoms with Gasteiger partial charge in [0.25, 0.3) is 0 Å². The van der Waals surface area contributed by atoms with Crippen molar-refractivity contribution < 1.29 is 30.6 Å². The van der Waals surface area contributed by atoms with Crippen molar-refractivity contribution in [1.29, 1.82) is 0 Å². The molecule has 0 aliphatic heterocycles. The Morgan fingerprint density at radius 1 is 0.721 bits per heavy atom. The van der Waals surface area contributed by atoms with Crippen molar-refractivity contribution >= 4 is 38.4 Å². The number of benzene rings is 4. The molecule has 0 bridgehead atoms. The number of rotatable bonds is 6. The first-order valence-electron chi connectivity index (χ1n) is 13.1. The minimum atomic E-state index is -3.89. The van der Waals surface area contributed by atoms with Gasteiger partial charge in [0.15, 0.2) is 0 Å². The number of fused-ring (bicyclic) bond motifs is 1. The summed E-state index contributed by atoms with van der Waals surface area (Å²) in [7, 11) is -3.89. The minimum Gasteiger partial charge on any atom is -0.872 e. The van der Waals surface area contributed by atoms with Crippen molar-refractivity contribution in [2.24, 2.45) is 4.99 Å². The zero-order chi connectivity index (χ0) is 29.4. The molecule has 0 aliphatic carbocycles. The van der Waals surface area contributed by atoms with Gasteiger partial charge in [-0.15, -0.1) is 5.69 Å². The third-order valence-corrected chi connectivity index (χ3v) is 7.58. The molecule has 6 rings (SSSR count). The molecule has 0 amide bonds. The number of pyridine rings is 2. The predicted molar refractivity (Wildman–Crippen MR) is 166 cm³/mol. The van der Waals surface area contributed by atoms with Crippen LogP contribution in [0.3, 0.4) is 0 Å². The van der Waals surface area contributed by atoms with Crippen molar-refractivity contribution in [3.05, 3.63) is 150 Å². The first-order valence-corrected chi connectivity index (χ1v) is 14.5. The Labute approximate surface area is 261 Å². The quantitative estimate of drug-likeness (QED) is 0.139. The van der Waals surface area contributed by atoms with Gasteiger partial charge in [0.05, 0.1) is 16.3 Å². The van der Waals surface area contributed by atoms with E-state index in [-0.39, 0.29) is 33.4 Å². The van der Waals surface area contributed by atoms with E-state index in [0.29, 0.717) is 11.3 Å². The number of nitrogens with zero attached hydrogens (tertiary/aromatic N) is 4. The number of para-hydroxylation sites is 1. The van der Waals surface area contributed by atoms with Gasteiger partial charge in [-0.25, -0.2) is 8.42 Å². The largest absolute Gasteiger partial charge is 2.00 e. The summed E-state index contributed by atoms with van der Waals surface area (Å²) in [5.74, 6) is -0.154. The maximum atomic E-state index is 12.7. The molecule has 2 heterocycles. The van der Waals surface area contributed by atoms with Gasteiger partial charge < -0.3 is 9.83 Å². The topological polar surface area (TPSA) is 109 Å². The average Bonchev–Trinajstić information content (AvgIpc) is 3.02. The normalized spacial score (nSPS) is 10.9. The number of hydrogen-bond donors (Lipinski definition) is 0. The monoisotopic (exact) mass is 633 g/mol. The second-order valence-corrected chi connectivity index (χ2v) is 10.9. The number of aryl methyl sites for hydroxylation is 1. The summed E-state index contributed by atoms with van der Waals surface area (Å²) in [6.45, 7) is 1.88. The molecule has 0 saturated carbocycles. The SMILES string of the molecule is Cc1ccc(S(=O)(=O)[N-]c2ccccc2N=Cc2c([O-])ccc3ccccc23)cc1.[Cu+2].c1ccc(-c2ccccn2)nc1. The van der Waals surface area contributed by atoms with E-state index in [1.54, 1.807) is 54.9 Å². The fraction of sp³-hybridized carbons (Fsp3) is 0.0294. The third-order valence-electron chi connectivity index (χ3n) is 6.27. The standard InChI is InChI=1S/C24H19N2O3S.C10H8N2.Cu/c1-17-10-13-19(14-11-17)30(28,29)26-23-9-5-4-8-22(23)25-16-21-20-7-3-2-6-18(20)12-15-24(21)27;1-3-7-11-9(5-1)10-6-2-4-8-12-10;/h2-16H,1H3,(H,25,27);1-8H;/q-1;;+2/p-1. The van der Waals surface area contributed by atoms with Crippen molar-refractivity contribution in [2.45, 2.75) is 11.8 Å². The molecule has 0 atom stereocenters. The van der Waals surface area contributed by atoms with Crippen molar-refractivity contribution in [3.8, 4) is 17.1 Å². The van der Waals surface area contributed by atoms with Crippen LogP contribution in [-0.2, 0) is 27.1 Å². The van der Waals surface area contributed by atoms with Crippen LogP contribution in [-0.4, -0.2) is 24.6 Å². The third kappa shape index (κ3) is 7.93. The van der Waals surface area contributed by atoms with Crippen molar-refractivity contribution in [2.75, 3.05) is 0 Å². The Bertz CT molecular complexity index is 1900. The Morgan fingerprint density at radius 3 is 1.98 bits per heavy atom. The fourth-order valence-electron chi connectivity index (χ4n) is 4.11. The van der Waals surface area contributed by atoms with Crippen LogP contribution < -0.4 is 5.11 Å². The Kier molecular flexibility index (Phi) is 10.4. The molecule has 0 spiro atoms. The fourth-order valence-corrected chi connectivity index (χ4v) is 5.11. The number of sulfonamides is 1. The van der Waals surface area contributed by atoms with E-state index in [1.165, 1.54) is 24.4 Å². The molecule has 7 nitrogen and oxygen atoms in total. The first kappa shape index (κ1) is 31.1. The van der Waals surface area contributed by atoms with Crippen LogP contribution in [0.4, 0.5) is 11.4 Å². The Balaban J connectivity index is 0.000000272. The molecule has 0 saturated heterocycles. The zero-order valence-electron chi connectivity index (χ0n) is 23.0. The van der Waals surface area contributed by atoms with Gasteiger partial charge in [-0.1, -0.05) is 90.2 Å². The second-order valence-electron chi connectivity index (χ2n) is 9.25. The van der Waals surface area contributed by atoms with Crippen LogP contribution in [0.15, 0.2) is 144 Å². The number of hydrogen-bond acceptors (Lipinski definition) is 6. The summed E-state index contributed by atoms with van der Waals surface area (Å²) < 4.78 is 29.4. The van der Waals surface area contributed by atoms with E-state index in [4.69, 9.17) is 0 Å². The van der Waals surface area contributed by atoms with E-state index >= 15 is 0 Å². The van der Waals surface area contributed by atoms with Gasteiger partial charge in [-0.05, 0) is 65.7 Å². The maximum Gasteiger partial charge on any atom is 2.00 e. The molecule has 2 aromatic heterocycles. The Morgan fingerprint density at radius 2 is 1.33 bits per heavy atom. The number of aromatic nitrogens is 2. The predicted octanol–water partition coefficient (Wildman–Crippen LogP) is 7.51. The van der Waals surface area contributed by atoms with Gasteiger partial charge in [-0.2, -0.15) is 0 Å². The van der Waals surface area contributed by atoms with Crippen molar-refractivity contribution in [1.82, 2.24) is 9.97 Å². The summed E-state index contributed by atoms with van der Waals surface area (Å²) in [5.41, 5.74) is 3.81. The van der Waals surface area contributed by atoms with Gasteiger partial charge >= 0.3 is 17.1 Å². The Hall–Kier alpha value is -4.82. The summed E-state index contributed by atoms with van der Waals surface area (Å²) in [6, 6.07) is 35.6. The molecular weight excluding hydrogens is 608 g/mol. The van der Waals surface area contributed by atoms with Crippen LogP contribution >= 0.6 is 0 Å². The van der Waals surface area contributed by atoms with E-state index in [2.05, 4.69) is 19.7 Å². The number of aliphatic imine (C=N–C) groups is 1. The summed E-state index contributed by atoms with van der Waals surface area (Å²) in [6.07, 6.45) is 5.01. The van der Waals surface area contributed by atoms with Crippen LogP contribution in [0, 0.1) is 6.92 Å². The molecule has 9 heteroatoms. The second kappa shape index (κ2) is 14.4. The first-order chi connectivity index (χ1) is 20.4. The molecule has 0 unspecified atom stereocenters. The van der Waals surface area contributed by atoms with Crippen LogP contribution in [0.2, 0.25) is 0 Å². The van der Waals surface area contributed by atoms with Gasteiger partial charge in [0.1, 0.15) is 10.0 Å². The smallest absolute Gasteiger partial charge is 0.872 e. The van der Waals surface area contributed by atoms with Gasteiger partial charge in [0.2, 0.25) is 0 Å².